The molecule has 3 rings (SSSR count). The van der Waals surface area contributed by atoms with Gasteiger partial charge in [0.05, 0.1) is 0 Å². The largest absolute Gasteiger partial charge is 0.437 e. The van der Waals surface area contributed by atoms with Gasteiger partial charge in [-0.05, 0) is 18.2 Å². The van der Waals surface area contributed by atoms with Crippen LogP contribution in [-0.2, 0) is 9.53 Å². The Morgan fingerprint density at radius 2 is 1.70 bits per heavy atom. The second kappa shape index (κ2) is 4.81. The molecule has 0 saturated carbocycles. The van der Waals surface area contributed by atoms with Crippen molar-refractivity contribution in [2.45, 2.75) is 13.2 Å². The van der Waals surface area contributed by atoms with E-state index in [4.69, 9.17) is 4.74 Å². The van der Waals surface area contributed by atoms with E-state index in [1.807, 2.05) is 42.5 Å². The molecule has 0 aromatic heterocycles. The molecule has 20 heavy (non-hydrogen) atoms. The normalized spacial score (nSPS) is 16.9. The highest BCUT2D eigenvalue weighted by molar-refractivity contribution is 6.10. The van der Waals surface area contributed by atoms with E-state index in [1.54, 1.807) is 12.1 Å². The molecule has 4 heteroatoms. The van der Waals surface area contributed by atoms with Crippen molar-refractivity contribution in [1.29, 1.82) is 0 Å². The number of carbonyl (C=O) groups is 2. The van der Waals surface area contributed by atoms with Crippen LogP contribution in [-0.4, -0.2) is 11.9 Å². The maximum Gasteiger partial charge on any atom is 0.304 e. The fourth-order valence-corrected chi connectivity index (χ4v) is 2.40. The number of rotatable bonds is 2. The summed E-state index contributed by atoms with van der Waals surface area (Å²) in [5, 5.41) is 0. The third-order valence-corrected chi connectivity index (χ3v) is 3.22. The minimum absolute atomic E-state index is 0.155. The summed E-state index contributed by atoms with van der Waals surface area (Å²) in [5.74, 6) is -0.571. The number of fused-ring (bicyclic) bond motifs is 1. The molecular formula is C16H13NO3. The Bertz CT molecular complexity index is 666. The maximum absolute atomic E-state index is 12.5. The fourth-order valence-electron chi connectivity index (χ4n) is 2.40. The molecule has 0 spiro atoms. The van der Waals surface area contributed by atoms with Gasteiger partial charge in [-0.1, -0.05) is 36.4 Å². The molecule has 4 nitrogen and oxygen atoms in total. The number of hydrogen-bond donors (Lipinski definition) is 0. The summed E-state index contributed by atoms with van der Waals surface area (Å²) >= 11 is 0. The number of esters is 1. The summed E-state index contributed by atoms with van der Waals surface area (Å²) in [6.45, 7) is 1.34. The number of nitrogens with zero attached hydrogens (tertiary/aromatic N) is 1. The van der Waals surface area contributed by atoms with E-state index < -0.39 is 12.2 Å². The second-order valence-electron chi connectivity index (χ2n) is 4.56. The van der Waals surface area contributed by atoms with Crippen molar-refractivity contribution in [2.24, 2.45) is 0 Å². The molecule has 100 valence electrons. The van der Waals surface area contributed by atoms with Crippen molar-refractivity contribution in [3.8, 4) is 0 Å². The van der Waals surface area contributed by atoms with Crippen LogP contribution in [0.3, 0.4) is 0 Å². The lowest BCUT2D eigenvalue weighted by Crippen LogP contribution is -2.30. The maximum atomic E-state index is 12.5. The van der Waals surface area contributed by atoms with E-state index in [2.05, 4.69) is 0 Å². The van der Waals surface area contributed by atoms with E-state index in [0.717, 1.165) is 5.56 Å². The van der Waals surface area contributed by atoms with Gasteiger partial charge in [0.25, 0.3) is 5.91 Å². The lowest BCUT2D eigenvalue weighted by molar-refractivity contribution is -0.146. The van der Waals surface area contributed by atoms with Gasteiger partial charge in [0, 0.05) is 23.7 Å². The van der Waals surface area contributed by atoms with Crippen molar-refractivity contribution in [1.82, 2.24) is 0 Å². The fraction of sp³-hybridized carbons (Fsp3) is 0.125. The van der Waals surface area contributed by atoms with Gasteiger partial charge in [0.2, 0.25) is 6.23 Å². The molecule has 2 aromatic rings. The van der Waals surface area contributed by atoms with Crippen LogP contribution in [0.25, 0.3) is 0 Å². The third-order valence-electron chi connectivity index (χ3n) is 3.22. The Morgan fingerprint density at radius 3 is 2.40 bits per heavy atom. The molecule has 0 radical (unpaired) electrons. The first-order valence-corrected chi connectivity index (χ1v) is 6.33. The Balaban J connectivity index is 2.10. The number of anilines is 1. The van der Waals surface area contributed by atoms with Crippen molar-refractivity contribution in [3.05, 3.63) is 65.7 Å². The topological polar surface area (TPSA) is 46.6 Å². The van der Waals surface area contributed by atoms with Gasteiger partial charge in [-0.2, -0.15) is 0 Å². The Kier molecular flexibility index (Phi) is 2.99. The highest BCUT2D eigenvalue weighted by Crippen LogP contribution is 2.37. The minimum atomic E-state index is -0.696. The Hall–Kier alpha value is -2.62. The van der Waals surface area contributed by atoms with Crippen molar-refractivity contribution < 1.29 is 14.3 Å². The molecule has 1 amide bonds. The van der Waals surface area contributed by atoms with E-state index in [0.29, 0.717) is 11.3 Å². The Morgan fingerprint density at radius 1 is 1.05 bits per heavy atom. The van der Waals surface area contributed by atoms with Crippen LogP contribution in [0, 0.1) is 0 Å². The zero-order valence-electron chi connectivity index (χ0n) is 10.9. The molecule has 2 aromatic carbocycles. The number of para-hydroxylation sites is 1. The molecule has 0 N–H and O–H groups in total. The van der Waals surface area contributed by atoms with Crippen LogP contribution < -0.4 is 4.90 Å². The van der Waals surface area contributed by atoms with Crippen LogP contribution in [0.2, 0.25) is 0 Å². The SMILES string of the molecule is CC(=O)O[C@@H]1c2ccccc2C(=O)N1c1ccccc1. The summed E-state index contributed by atoms with van der Waals surface area (Å²) in [7, 11) is 0. The molecule has 0 unspecified atom stereocenters. The average Bonchev–Trinajstić information content (AvgIpc) is 2.73. The van der Waals surface area contributed by atoms with Gasteiger partial charge >= 0.3 is 5.97 Å². The first kappa shape index (κ1) is 12.4. The Labute approximate surface area is 116 Å². The molecular weight excluding hydrogens is 254 g/mol. The third kappa shape index (κ3) is 1.95. The number of amides is 1. The van der Waals surface area contributed by atoms with Crippen molar-refractivity contribution >= 4 is 17.6 Å². The van der Waals surface area contributed by atoms with Crippen LogP contribution in [0.15, 0.2) is 54.6 Å². The van der Waals surface area contributed by atoms with E-state index in [1.165, 1.54) is 11.8 Å². The van der Waals surface area contributed by atoms with Gasteiger partial charge in [0.15, 0.2) is 0 Å². The quantitative estimate of drug-likeness (QED) is 0.786. The predicted molar refractivity (Wildman–Crippen MR) is 74.2 cm³/mol. The summed E-state index contributed by atoms with van der Waals surface area (Å²) < 4.78 is 5.34. The van der Waals surface area contributed by atoms with Crippen molar-refractivity contribution in [3.63, 3.8) is 0 Å². The molecule has 0 fully saturated rings. The first-order chi connectivity index (χ1) is 9.68. The zero-order chi connectivity index (χ0) is 14.1. The molecule has 1 aliphatic rings. The van der Waals surface area contributed by atoms with E-state index in [9.17, 15) is 9.59 Å². The van der Waals surface area contributed by atoms with Crippen LogP contribution >= 0.6 is 0 Å². The van der Waals surface area contributed by atoms with Gasteiger partial charge in [-0.25, -0.2) is 0 Å². The summed E-state index contributed by atoms with van der Waals surface area (Å²) in [6, 6.07) is 16.4. The lowest BCUT2D eigenvalue weighted by Gasteiger charge is -2.24. The highest BCUT2D eigenvalue weighted by atomic mass is 16.6. The van der Waals surface area contributed by atoms with E-state index >= 15 is 0 Å². The summed E-state index contributed by atoms with van der Waals surface area (Å²) in [5.41, 5.74) is 2.00. The molecule has 1 atom stereocenters. The number of ether oxygens (including phenoxy) is 1. The van der Waals surface area contributed by atoms with Gasteiger partial charge in [-0.15, -0.1) is 0 Å². The minimum Gasteiger partial charge on any atom is -0.437 e. The molecule has 0 bridgehead atoms. The molecule has 0 saturated heterocycles. The highest BCUT2D eigenvalue weighted by Gasteiger charge is 2.39. The lowest BCUT2D eigenvalue weighted by atomic mass is 10.1. The van der Waals surface area contributed by atoms with E-state index in [-0.39, 0.29) is 5.91 Å². The summed E-state index contributed by atoms with van der Waals surface area (Å²) in [6.07, 6.45) is -0.696. The standard InChI is InChI=1S/C16H13NO3/c1-11(18)20-16-14-10-6-5-9-13(14)15(19)17(16)12-7-3-2-4-8-12/h2-10,16H,1H3/t16-/m1/s1. The monoisotopic (exact) mass is 267 g/mol. The van der Waals surface area contributed by atoms with Gasteiger partial charge < -0.3 is 4.74 Å². The van der Waals surface area contributed by atoms with Crippen molar-refractivity contribution in [2.75, 3.05) is 4.90 Å². The summed E-state index contributed by atoms with van der Waals surface area (Å²) in [4.78, 5) is 25.4. The number of hydrogen-bond acceptors (Lipinski definition) is 3. The molecule has 1 heterocycles. The number of benzene rings is 2. The zero-order valence-corrected chi connectivity index (χ0v) is 10.9. The predicted octanol–water partition coefficient (Wildman–Crippen LogP) is 2.91. The van der Waals surface area contributed by atoms with Crippen LogP contribution in [0.4, 0.5) is 5.69 Å². The second-order valence-corrected chi connectivity index (χ2v) is 4.56. The smallest absolute Gasteiger partial charge is 0.304 e. The molecule has 0 aliphatic carbocycles. The van der Waals surface area contributed by atoms with Crippen LogP contribution in [0.1, 0.15) is 29.1 Å². The number of carbonyl (C=O) groups excluding carboxylic acids is 2. The molecule has 1 aliphatic heterocycles. The average molecular weight is 267 g/mol. The first-order valence-electron chi connectivity index (χ1n) is 6.33. The van der Waals surface area contributed by atoms with Gasteiger partial charge in [-0.3, -0.25) is 14.5 Å². The van der Waals surface area contributed by atoms with Crippen LogP contribution in [0.5, 0.6) is 0 Å². The van der Waals surface area contributed by atoms with Gasteiger partial charge in [0.1, 0.15) is 0 Å².